The molecule has 0 aliphatic heterocycles. The highest BCUT2D eigenvalue weighted by Gasteiger charge is 2.15. The van der Waals surface area contributed by atoms with Crippen molar-refractivity contribution in [2.75, 3.05) is 0 Å². The third kappa shape index (κ3) is 6.01. The summed E-state index contributed by atoms with van der Waals surface area (Å²) in [5.41, 5.74) is 0.443. The fourth-order valence-corrected chi connectivity index (χ4v) is 2.06. The van der Waals surface area contributed by atoms with Gasteiger partial charge in [0.25, 0.3) is 0 Å². The van der Waals surface area contributed by atoms with E-state index in [1.54, 1.807) is 18.2 Å². The Balaban J connectivity index is 2.48. The van der Waals surface area contributed by atoms with Gasteiger partial charge in [0.05, 0.1) is 6.10 Å². The molecule has 0 bridgehead atoms. The van der Waals surface area contributed by atoms with E-state index in [-0.39, 0.29) is 5.75 Å². The van der Waals surface area contributed by atoms with Crippen LogP contribution < -0.4 is 4.74 Å². The highest BCUT2D eigenvalue weighted by molar-refractivity contribution is 5.35. The summed E-state index contributed by atoms with van der Waals surface area (Å²) in [5, 5.41) is 10.0. The summed E-state index contributed by atoms with van der Waals surface area (Å²) in [5.74, 6) is 0.0681. The van der Waals surface area contributed by atoms with Crippen molar-refractivity contribution in [2.24, 2.45) is 0 Å². The lowest BCUT2D eigenvalue weighted by atomic mass is 10.0. The summed E-state index contributed by atoms with van der Waals surface area (Å²) in [6.07, 6.45) is 5.31. The van der Waals surface area contributed by atoms with E-state index in [1.807, 2.05) is 0 Å². The van der Waals surface area contributed by atoms with Gasteiger partial charge in [-0.05, 0) is 12.5 Å². The van der Waals surface area contributed by atoms with Crippen LogP contribution in [0.15, 0.2) is 24.3 Å². The van der Waals surface area contributed by atoms with Gasteiger partial charge in [0.1, 0.15) is 5.75 Å². The summed E-state index contributed by atoms with van der Waals surface area (Å²) in [6.45, 7) is -0.717. The highest BCUT2D eigenvalue weighted by atomic mass is 19.3. The molecule has 0 fully saturated rings. The van der Waals surface area contributed by atoms with Crippen LogP contribution in [0.2, 0.25) is 0 Å². The number of rotatable bonds is 9. The fourth-order valence-electron chi connectivity index (χ4n) is 2.06. The summed E-state index contributed by atoms with van der Waals surface area (Å²) in [4.78, 5) is 0. The van der Waals surface area contributed by atoms with Crippen LogP contribution in [-0.4, -0.2) is 11.7 Å². The number of halogens is 2. The zero-order valence-electron chi connectivity index (χ0n) is 11.3. The zero-order valence-corrected chi connectivity index (χ0v) is 11.3. The Kier molecular flexibility index (Phi) is 7.41. The number of alkyl halides is 2. The van der Waals surface area contributed by atoms with Crippen molar-refractivity contribution in [2.45, 2.75) is 58.2 Å². The predicted molar refractivity (Wildman–Crippen MR) is 71.4 cm³/mol. The molecule has 0 aliphatic rings. The summed E-state index contributed by atoms with van der Waals surface area (Å²) >= 11 is 0. The Bertz CT molecular complexity index is 356. The molecule has 0 spiro atoms. The summed E-state index contributed by atoms with van der Waals surface area (Å²) < 4.78 is 28.9. The van der Waals surface area contributed by atoms with E-state index in [4.69, 9.17) is 0 Å². The third-order valence-electron chi connectivity index (χ3n) is 3.08. The van der Waals surface area contributed by atoms with Gasteiger partial charge in [-0.3, -0.25) is 0 Å². The normalized spacial score (nSPS) is 12.7. The number of ether oxygens (including phenoxy) is 1. The molecule has 1 aromatic carbocycles. The molecule has 4 heteroatoms. The van der Waals surface area contributed by atoms with E-state index < -0.39 is 12.7 Å². The van der Waals surface area contributed by atoms with Crippen molar-refractivity contribution in [1.82, 2.24) is 0 Å². The lowest BCUT2D eigenvalue weighted by Gasteiger charge is -2.15. The number of hydrogen-bond donors (Lipinski definition) is 1. The molecule has 0 aromatic heterocycles. The Labute approximate surface area is 113 Å². The molecule has 0 saturated carbocycles. The topological polar surface area (TPSA) is 29.5 Å². The first-order valence-electron chi connectivity index (χ1n) is 6.87. The van der Waals surface area contributed by atoms with E-state index in [0.29, 0.717) is 12.0 Å². The smallest absolute Gasteiger partial charge is 0.387 e. The van der Waals surface area contributed by atoms with Crippen molar-refractivity contribution in [3.8, 4) is 5.75 Å². The molecule has 1 atom stereocenters. The number of unbranched alkanes of at least 4 members (excludes halogenated alkanes) is 4. The third-order valence-corrected chi connectivity index (χ3v) is 3.08. The van der Waals surface area contributed by atoms with Crippen LogP contribution in [0.4, 0.5) is 8.78 Å². The molecule has 0 aliphatic carbocycles. The molecular weight excluding hydrogens is 250 g/mol. The molecule has 1 N–H and O–H groups in total. The lowest BCUT2D eigenvalue weighted by molar-refractivity contribution is -0.0516. The molecule has 0 heterocycles. The van der Waals surface area contributed by atoms with Crippen molar-refractivity contribution in [3.05, 3.63) is 29.8 Å². The molecule has 0 saturated heterocycles. The van der Waals surface area contributed by atoms with Gasteiger partial charge in [-0.15, -0.1) is 0 Å². The first-order valence-corrected chi connectivity index (χ1v) is 6.87. The predicted octanol–water partition coefficient (Wildman–Crippen LogP) is 4.68. The van der Waals surface area contributed by atoms with Crippen LogP contribution in [0.25, 0.3) is 0 Å². The average molecular weight is 272 g/mol. The second-order valence-corrected chi connectivity index (χ2v) is 4.64. The molecule has 2 nitrogen and oxygen atoms in total. The van der Waals surface area contributed by atoms with Gasteiger partial charge in [-0.2, -0.15) is 8.78 Å². The van der Waals surface area contributed by atoms with Crippen LogP contribution in [0.1, 0.15) is 57.1 Å². The van der Waals surface area contributed by atoms with Gasteiger partial charge in [-0.25, -0.2) is 0 Å². The zero-order chi connectivity index (χ0) is 14.1. The second-order valence-electron chi connectivity index (χ2n) is 4.64. The molecule has 108 valence electrons. The van der Waals surface area contributed by atoms with Crippen LogP contribution in [0, 0.1) is 0 Å². The van der Waals surface area contributed by atoms with Crippen molar-refractivity contribution in [1.29, 1.82) is 0 Å². The first kappa shape index (κ1) is 15.9. The molecular formula is C15H22F2O2. The lowest BCUT2D eigenvalue weighted by Crippen LogP contribution is -2.07. The maximum Gasteiger partial charge on any atom is 0.387 e. The minimum absolute atomic E-state index is 0.0681. The summed E-state index contributed by atoms with van der Waals surface area (Å²) in [6, 6.07) is 6.43. The monoisotopic (exact) mass is 272 g/mol. The van der Waals surface area contributed by atoms with E-state index in [0.717, 1.165) is 19.3 Å². The maximum atomic E-state index is 12.3. The first-order chi connectivity index (χ1) is 9.15. The van der Waals surface area contributed by atoms with E-state index in [2.05, 4.69) is 11.7 Å². The summed E-state index contributed by atoms with van der Waals surface area (Å²) in [7, 11) is 0. The van der Waals surface area contributed by atoms with Gasteiger partial charge in [0, 0.05) is 5.56 Å². The number of benzene rings is 1. The van der Waals surface area contributed by atoms with Crippen LogP contribution in [0.3, 0.4) is 0 Å². The van der Waals surface area contributed by atoms with Gasteiger partial charge in [-0.1, -0.05) is 57.2 Å². The maximum absolute atomic E-state index is 12.3. The van der Waals surface area contributed by atoms with Crippen molar-refractivity contribution < 1.29 is 18.6 Å². The molecule has 0 amide bonds. The average Bonchev–Trinajstić information content (AvgIpc) is 2.38. The van der Waals surface area contributed by atoms with Crippen molar-refractivity contribution in [3.63, 3.8) is 0 Å². The molecule has 1 unspecified atom stereocenters. The minimum Gasteiger partial charge on any atom is -0.434 e. The SMILES string of the molecule is CCCCCCCC(O)c1ccccc1OC(F)F. The number of para-hydroxylation sites is 1. The number of aliphatic hydroxyl groups excluding tert-OH is 1. The Morgan fingerprint density at radius 2 is 1.79 bits per heavy atom. The Morgan fingerprint density at radius 3 is 2.47 bits per heavy atom. The van der Waals surface area contributed by atoms with Crippen LogP contribution in [-0.2, 0) is 0 Å². The fraction of sp³-hybridized carbons (Fsp3) is 0.600. The van der Waals surface area contributed by atoms with E-state index in [1.165, 1.54) is 18.9 Å². The molecule has 1 aromatic rings. The Hall–Kier alpha value is -1.16. The Morgan fingerprint density at radius 1 is 1.11 bits per heavy atom. The van der Waals surface area contributed by atoms with Crippen LogP contribution in [0.5, 0.6) is 5.75 Å². The number of hydrogen-bond acceptors (Lipinski definition) is 2. The van der Waals surface area contributed by atoms with Crippen LogP contribution >= 0.6 is 0 Å². The van der Waals surface area contributed by atoms with Gasteiger partial charge in [0.15, 0.2) is 0 Å². The van der Waals surface area contributed by atoms with Gasteiger partial charge < -0.3 is 9.84 Å². The highest BCUT2D eigenvalue weighted by Crippen LogP contribution is 2.29. The molecule has 19 heavy (non-hydrogen) atoms. The number of aliphatic hydroxyl groups is 1. The van der Waals surface area contributed by atoms with E-state index in [9.17, 15) is 13.9 Å². The standard InChI is InChI=1S/C15H22F2O2/c1-2-3-4-5-6-10-13(18)12-9-7-8-11-14(12)19-15(16)17/h7-9,11,13,15,18H,2-6,10H2,1H3. The minimum atomic E-state index is -2.86. The second kappa shape index (κ2) is 8.86. The van der Waals surface area contributed by atoms with E-state index >= 15 is 0 Å². The molecule has 0 radical (unpaired) electrons. The van der Waals surface area contributed by atoms with Crippen molar-refractivity contribution >= 4 is 0 Å². The molecule has 1 rings (SSSR count). The largest absolute Gasteiger partial charge is 0.434 e. The quantitative estimate of drug-likeness (QED) is 0.661. The van der Waals surface area contributed by atoms with Gasteiger partial charge >= 0.3 is 6.61 Å². The van der Waals surface area contributed by atoms with Gasteiger partial charge in [0.2, 0.25) is 0 Å².